The number of azide groups is 1. The first kappa shape index (κ1) is 10.5. The summed E-state index contributed by atoms with van der Waals surface area (Å²) < 4.78 is 4.69. The van der Waals surface area contributed by atoms with Gasteiger partial charge in [0.25, 0.3) is 0 Å². The lowest BCUT2D eigenvalue weighted by Gasteiger charge is -2.00. The summed E-state index contributed by atoms with van der Waals surface area (Å²) in [5, 5.41) is 3.01. The molecule has 0 N–H and O–H groups in total. The van der Waals surface area contributed by atoms with Crippen LogP contribution in [0.2, 0.25) is 0 Å². The molecule has 0 aliphatic carbocycles. The zero-order chi connectivity index (χ0) is 9.40. The predicted molar refractivity (Wildman–Crippen MR) is 44.2 cm³/mol. The van der Waals surface area contributed by atoms with E-state index in [0.717, 1.165) is 12.8 Å². The summed E-state index contributed by atoms with van der Waals surface area (Å²) in [6.07, 6.45) is 1.75. The van der Waals surface area contributed by atoms with Gasteiger partial charge in [0.2, 0.25) is 0 Å². The molecule has 0 rings (SSSR count). The van der Waals surface area contributed by atoms with Gasteiger partial charge in [-0.2, -0.15) is 0 Å². The average molecular weight is 169 g/mol. The summed E-state index contributed by atoms with van der Waals surface area (Å²) in [7, 11) is 0. The van der Waals surface area contributed by atoms with Gasteiger partial charge in [-0.3, -0.25) is 0 Å². The molecule has 0 aromatic rings. The largest absolute Gasteiger partial charge is 0.462 e. The fraction of sp³-hybridized carbons (Fsp3) is 0.571. The summed E-state index contributed by atoms with van der Waals surface area (Å²) in [5.74, 6) is -0.652. The minimum absolute atomic E-state index is 0.200. The number of carbonyl (C=O) groups excluding carboxylic acids is 1. The van der Waals surface area contributed by atoms with E-state index in [1.807, 2.05) is 6.92 Å². The second kappa shape index (κ2) is 6.24. The van der Waals surface area contributed by atoms with Crippen LogP contribution in [0.3, 0.4) is 0 Å². The molecule has 0 aliphatic rings. The van der Waals surface area contributed by atoms with Crippen LogP contribution in [0.5, 0.6) is 0 Å². The zero-order valence-electron chi connectivity index (χ0n) is 6.99. The number of carbonyl (C=O) groups is 1. The molecule has 0 heterocycles. The van der Waals surface area contributed by atoms with E-state index in [9.17, 15) is 4.79 Å². The number of hydrogen-bond donors (Lipinski definition) is 0. The Morgan fingerprint density at radius 3 is 2.92 bits per heavy atom. The maximum atomic E-state index is 10.8. The van der Waals surface area contributed by atoms with Crippen LogP contribution < -0.4 is 0 Å². The first-order valence-corrected chi connectivity index (χ1v) is 3.63. The topological polar surface area (TPSA) is 75.1 Å². The van der Waals surface area contributed by atoms with Crippen molar-refractivity contribution in [1.82, 2.24) is 0 Å². The highest BCUT2D eigenvalue weighted by Gasteiger charge is 2.04. The van der Waals surface area contributed by atoms with Gasteiger partial charge in [-0.1, -0.05) is 25.0 Å². The maximum absolute atomic E-state index is 10.8. The number of unbranched alkanes of at least 4 members (excludes halogenated alkanes) is 1. The molecule has 66 valence electrons. The molecule has 0 aromatic heterocycles. The zero-order valence-corrected chi connectivity index (χ0v) is 6.99. The number of rotatable bonds is 5. The first-order chi connectivity index (χ1) is 5.72. The van der Waals surface area contributed by atoms with Crippen LogP contribution in [0.15, 0.2) is 17.4 Å². The number of hydrogen-bond acceptors (Lipinski definition) is 3. The van der Waals surface area contributed by atoms with Crippen LogP contribution in [-0.4, -0.2) is 12.6 Å². The lowest BCUT2D eigenvalue weighted by molar-refractivity contribution is -0.139. The Hall–Kier alpha value is -1.48. The summed E-state index contributed by atoms with van der Waals surface area (Å²) in [6, 6.07) is 0. The highest BCUT2D eigenvalue weighted by atomic mass is 16.5. The van der Waals surface area contributed by atoms with Crippen molar-refractivity contribution in [1.29, 1.82) is 0 Å². The van der Waals surface area contributed by atoms with Crippen molar-refractivity contribution in [2.45, 2.75) is 19.8 Å². The van der Waals surface area contributed by atoms with Crippen molar-refractivity contribution < 1.29 is 9.53 Å². The van der Waals surface area contributed by atoms with Crippen molar-refractivity contribution in [3.63, 3.8) is 0 Å². The van der Waals surface area contributed by atoms with E-state index in [-0.39, 0.29) is 5.70 Å². The fourth-order valence-electron chi connectivity index (χ4n) is 0.487. The predicted octanol–water partition coefficient (Wildman–Crippen LogP) is 2.15. The van der Waals surface area contributed by atoms with Crippen molar-refractivity contribution in [2.75, 3.05) is 6.61 Å². The molecule has 0 atom stereocenters. The normalized spacial score (nSPS) is 8.42. The Balaban J connectivity index is 3.72. The number of esters is 1. The van der Waals surface area contributed by atoms with Crippen LogP contribution in [0, 0.1) is 0 Å². The van der Waals surface area contributed by atoms with Gasteiger partial charge in [0, 0.05) is 4.91 Å². The molecule has 0 fully saturated rings. The average Bonchev–Trinajstić information content (AvgIpc) is 2.05. The molecule has 0 aromatic carbocycles. The third-order valence-electron chi connectivity index (χ3n) is 1.13. The SMILES string of the molecule is C=C(N=[N+]=[N-])C(=O)OCCCC. The number of nitrogens with zero attached hydrogens (tertiary/aromatic N) is 3. The third-order valence-corrected chi connectivity index (χ3v) is 1.13. The van der Waals surface area contributed by atoms with E-state index in [0.29, 0.717) is 6.61 Å². The summed E-state index contributed by atoms with van der Waals surface area (Å²) in [4.78, 5) is 13.2. The quantitative estimate of drug-likeness (QED) is 0.158. The Morgan fingerprint density at radius 2 is 2.42 bits per heavy atom. The van der Waals surface area contributed by atoms with Crippen molar-refractivity contribution in [3.05, 3.63) is 22.7 Å². The molecule has 0 unspecified atom stereocenters. The minimum Gasteiger partial charge on any atom is -0.462 e. The molecule has 5 heteroatoms. The third kappa shape index (κ3) is 4.35. The standard InChI is InChI=1S/C7H11N3O2/c1-3-4-5-12-7(11)6(2)9-10-8/h2-5H2,1H3. The van der Waals surface area contributed by atoms with Gasteiger partial charge in [0.15, 0.2) is 0 Å². The second-order valence-corrected chi connectivity index (χ2v) is 2.13. The Bertz CT molecular complexity index is 219. The monoisotopic (exact) mass is 169 g/mol. The molecule has 0 saturated heterocycles. The molecule has 12 heavy (non-hydrogen) atoms. The maximum Gasteiger partial charge on any atom is 0.339 e. The van der Waals surface area contributed by atoms with Crippen LogP contribution >= 0.6 is 0 Å². The number of ether oxygens (including phenoxy) is 1. The van der Waals surface area contributed by atoms with Crippen molar-refractivity contribution >= 4 is 5.97 Å². The Kier molecular flexibility index (Phi) is 5.47. The van der Waals surface area contributed by atoms with Crippen molar-refractivity contribution in [2.24, 2.45) is 5.11 Å². The van der Waals surface area contributed by atoms with Crippen LogP contribution in [-0.2, 0) is 9.53 Å². The van der Waals surface area contributed by atoms with E-state index >= 15 is 0 Å². The van der Waals surface area contributed by atoms with Gasteiger partial charge in [0.05, 0.1) is 6.61 Å². The second-order valence-electron chi connectivity index (χ2n) is 2.13. The van der Waals surface area contributed by atoms with Crippen molar-refractivity contribution in [3.8, 4) is 0 Å². The van der Waals surface area contributed by atoms with E-state index in [4.69, 9.17) is 10.3 Å². The molecule has 0 saturated carbocycles. The first-order valence-electron chi connectivity index (χ1n) is 3.63. The molecule has 0 amide bonds. The smallest absolute Gasteiger partial charge is 0.339 e. The highest BCUT2D eigenvalue weighted by Crippen LogP contribution is 1.98. The minimum atomic E-state index is -0.652. The van der Waals surface area contributed by atoms with E-state index in [2.05, 4.69) is 16.6 Å². The fourth-order valence-corrected chi connectivity index (χ4v) is 0.487. The molecule has 0 spiro atoms. The molecular weight excluding hydrogens is 158 g/mol. The van der Waals surface area contributed by atoms with Gasteiger partial charge in [-0.25, -0.2) is 4.79 Å². The van der Waals surface area contributed by atoms with E-state index < -0.39 is 5.97 Å². The molecular formula is C7H11N3O2. The molecule has 0 aliphatic heterocycles. The van der Waals surface area contributed by atoms with Crippen LogP contribution in [0.1, 0.15) is 19.8 Å². The summed E-state index contributed by atoms with van der Waals surface area (Å²) in [5.41, 5.74) is 7.75. The van der Waals surface area contributed by atoms with Gasteiger partial charge in [0.1, 0.15) is 5.70 Å². The summed E-state index contributed by atoms with van der Waals surface area (Å²) in [6.45, 7) is 5.55. The lowest BCUT2D eigenvalue weighted by atomic mass is 10.4. The van der Waals surface area contributed by atoms with Gasteiger partial charge in [-0.05, 0) is 12.0 Å². The van der Waals surface area contributed by atoms with Gasteiger partial charge in [-0.15, -0.1) is 0 Å². The van der Waals surface area contributed by atoms with E-state index in [1.54, 1.807) is 0 Å². The molecule has 5 nitrogen and oxygen atoms in total. The molecule has 0 radical (unpaired) electrons. The van der Waals surface area contributed by atoms with Crippen LogP contribution in [0.4, 0.5) is 0 Å². The lowest BCUT2D eigenvalue weighted by Crippen LogP contribution is -2.06. The van der Waals surface area contributed by atoms with Crippen LogP contribution in [0.25, 0.3) is 10.4 Å². The Labute approximate surface area is 70.6 Å². The summed E-state index contributed by atoms with van der Waals surface area (Å²) >= 11 is 0. The highest BCUT2D eigenvalue weighted by molar-refractivity contribution is 5.87. The van der Waals surface area contributed by atoms with Gasteiger partial charge < -0.3 is 4.74 Å². The van der Waals surface area contributed by atoms with E-state index in [1.165, 1.54) is 0 Å². The molecule has 0 bridgehead atoms. The Morgan fingerprint density at radius 1 is 1.75 bits per heavy atom. The van der Waals surface area contributed by atoms with Gasteiger partial charge >= 0.3 is 5.97 Å².